The lowest BCUT2D eigenvalue weighted by molar-refractivity contribution is 0.171. The van der Waals surface area contributed by atoms with E-state index >= 15 is 0 Å². The van der Waals surface area contributed by atoms with Crippen molar-refractivity contribution in [2.75, 3.05) is 13.2 Å². The van der Waals surface area contributed by atoms with Crippen LogP contribution in [0.15, 0.2) is 35.5 Å². The van der Waals surface area contributed by atoms with Gasteiger partial charge in [-0.25, -0.2) is 4.98 Å². The number of fused-ring (bicyclic) bond motifs is 1. The van der Waals surface area contributed by atoms with Crippen molar-refractivity contribution in [3.63, 3.8) is 0 Å². The number of benzene rings is 1. The van der Waals surface area contributed by atoms with Crippen molar-refractivity contribution >= 4 is 0 Å². The fraction of sp³-hybridized carbons (Fsp3) is 0.167. The average molecular weight is 230 g/mol. The Kier molecular flexibility index (Phi) is 2.29. The van der Waals surface area contributed by atoms with Gasteiger partial charge in [0, 0.05) is 6.20 Å². The van der Waals surface area contributed by atoms with E-state index in [1.165, 1.54) is 12.5 Å². The molecule has 0 aliphatic carbocycles. The zero-order valence-electron chi connectivity index (χ0n) is 8.97. The fourth-order valence-corrected chi connectivity index (χ4v) is 1.76. The maximum absolute atomic E-state index is 11.6. The van der Waals surface area contributed by atoms with Crippen LogP contribution in [0.2, 0.25) is 0 Å². The summed E-state index contributed by atoms with van der Waals surface area (Å²) in [6.07, 6.45) is 2.90. The molecule has 0 bridgehead atoms. The lowest BCUT2D eigenvalue weighted by Crippen LogP contribution is -2.15. The highest BCUT2D eigenvalue weighted by atomic mass is 16.6. The Labute approximate surface area is 97.0 Å². The normalized spacial score (nSPS) is 13.4. The zero-order valence-corrected chi connectivity index (χ0v) is 8.97. The van der Waals surface area contributed by atoms with Crippen LogP contribution in [0.5, 0.6) is 11.5 Å². The summed E-state index contributed by atoms with van der Waals surface area (Å²) < 4.78 is 10.9. The number of H-pyrrole nitrogens is 1. The first-order valence-electron chi connectivity index (χ1n) is 5.27. The molecule has 1 aromatic heterocycles. The lowest BCUT2D eigenvalue weighted by Gasteiger charge is -2.18. The second-order valence-corrected chi connectivity index (χ2v) is 3.65. The number of nitrogens with one attached hydrogen (secondary N) is 1. The van der Waals surface area contributed by atoms with Gasteiger partial charge in [0.2, 0.25) is 0 Å². The van der Waals surface area contributed by atoms with Gasteiger partial charge in [0.25, 0.3) is 5.56 Å². The quantitative estimate of drug-likeness (QED) is 0.799. The summed E-state index contributed by atoms with van der Waals surface area (Å²) in [7, 11) is 0. The molecule has 1 N–H and O–H groups in total. The second kappa shape index (κ2) is 3.93. The number of hydrogen-bond acceptors (Lipinski definition) is 4. The van der Waals surface area contributed by atoms with Gasteiger partial charge in [-0.15, -0.1) is 0 Å². The van der Waals surface area contributed by atoms with Crippen LogP contribution in [0.4, 0.5) is 0 Å². The van der Waals surface area contributed by atoms with E-state index in [2.05, 4.69) is 9.97 Å². The van der Waals surface area contributed by atoms with Crippen molar-refractivity contribution in [2.45, 2.75) is 0 Å². The minimum Gasteiger partial charge on any atom is -0.486 e. The number of aromatic amines is 1. The molecule has 5 nitrogen and oxygen atoms in total. The molecule has 0 saturated carbocycles. The van der Waals surface area contributed by atoms with Gasteiger partial charge in [-0.2, -0.15) is 0 Å². The molecule has 3 rings (SSSR count). The topological polar surface area (TPSA) is 64.2 Å². The highest BCUT2D eigenvalue weighted by molar-refractivity contribution is 5.65. The van der Waals surface area contributed by atoms with Gasteiger partial charge >= 0.3 is 0 Å². The first-order valence-corrected chi connectivity index (χ1v) is 5.27. The van der Waals surface area contributed by atoms with E-state index in [9.17, 15) is 4.79 Å². The molecule has 2 aromatic rings. The molecule has 0 spiro atoms. The Morgan fingerprint density at radius 2 is 2.00 bits per heavy atom. The third kappa shape index (κ3) is 1.75. The summed E-state index contributed by atoms with van der Waals surface area (Å²) in [5.74, 6) is 1.37. The van der Waals surface area contributed by atoms with E-state index in [-0.39, 0.29) is 5.56 Å². The smallest absolute Gasteiger partial charge is 0.258 e. The summed E-state index contributed by atoms with van der Waals surface area (Å²) >= 11 is 0. The van der Waals surface area contributed by atoms with Crippen LogP contribution in [0, 0.1) is 0 Å². The molecular weight excluding hydrogens is 220 g/mol. The van der Waals surface area contributed by atoms with Crippen LogP contribution in [-0.2, 0) is 0 Å². The van der Waals surface area contributed by atoms with E-state index in [1.807, 2.05) is 6.07 Å². The van der Waals surface area contributed by atoms with Crippen molar-refractivity contribution in [2.24, 2.45) is 0 Å². The van der Waals surface area contributed by atoms with E-state index < -0.39 is 0 Å². The molecule has 1 aromatic carbocycles. The third-order valence-electron chi connectivity index (χ3n) is 2.57. The van der Waals surface area contributed by atoms with E-state index in [4.69, 9.17) is 9.47 Å². The van der Waals surface area contributed by atoms with E-state index in [0.717, 1.165) is 5.56 Å². The minimum atomic E-state index is -0.170. The van der Waals surface area contributed by atoms with Gasteiger partial charge in [0.1, 0.15) is 13.2 Å². The standard InChI is InChI=1S/C12H10N2O3/c15-12-9(6-13-7-14-12)8-1-2-10-11(5-8)17-4-3-16-10/h1-2,5-7H,3-4H2,(H,13,14,15). The fourth-order valence-electron chi connectivity index (χ4n) is 1.76. The number of nitrogens with zero attached hydrogens (tertiary/aromatic N) is 1. The Balaban J connectivity index is 2.10. The Bertz CT molecular complexity index is 607. The Morgan fingerprint density at radius 1 is 1.18 bits per heavy atom. The monoisotopic (exact) mass is 230 g/mol. The van der Waals surface area contributed by atoms with Crippen molar-refractivity contribution in [1.82, 2.24) is 9.97 Å². The number of aromatic nitrogens is 2. The van der Waals surface area contributed by atoms with Crippen LogP contribution >= 0.6 is 0 Å². The van der Waals surface area contributed by atoms with Gasteiger partial charge in [-0.1, -0.05) is 6.07 Å². The predicted molar refractivity (Wildman–Crippen MR) is 61.3 cm³/mol. The van der Waals surface area contributed by atoms with Crippen LogP contribution in [0.25, 0.3) is 11.1 Å². The highest BCUT2D eigenvalue weighted by Gasteiger charge is 2.13. The third-order valence-corrected chi connectivity index (χ3v) is 2.57. The van der Waals surface area contributed by atoms with Crippen molar-refractivity contribution in [1.29, 1.82) is 0 Å². The number of ether oxygens (including phenoxy) is 2. The van der Waals surface area contributed by atoms with Gasteiger partial charge in [-0.05, 0) is 17.7 Å². The Hall–Kier alpha value is -2.30. The average Bonchev–Trinajstić information content (AvgIpc) is 2.39. The van der Waals surface area contributed by atoms with Crippen LogP contribution in [0.3, 0.4) is 0 Å². The van der Waals surface area contributed by atoms with Gasteiger partial charge in [0.15, 0.2) is 11.5 Å². The molecule has 1 aliphatic heterocycles. The maximum atomic E-state index is 11.6. The van der Waals surface area contributed by atoms with E-state index in [0.29, 0.717) is 30.3 Å². The van der Waals surface area contributed by atoms with E-state index in [1.54, 1.807) is 12.1 Å². The molecule has 1 aliphatic rings. The molecule has 86 valence electrons. The molecular formula is C12H10N2O3. The molecule has 0 saturated heterocycles. The predicted octanol–water partition coefficient (Wildman–Crippen LogP) is 1.21. The highest BCUT2D eigenvalue weighted by Crippen LogP contribution is 2.33. The molecule has 0 amide bonds. The molecule has 0 atom stereocenters. The van der Waals surface area contributed by atoms with Crippen LogP contribution in [-0.4, -0.2) is 23.2 Å². The molecule has 0 unspecified atom stereocenters. The summed E-state index contributed by atoms with van der Waals surface area (Å²) in [6.45, 7) is 1.08. The van der Waals surface area contributed by atoms with Crippen molar-refractivity contribution < 1.29 is 9.47 Å². The van der Waals surface area contributed by atoms with Crippen LogP contribution < -0.4 is 15.0 Å². The zero-order chi connectivity index (χ0) is 11.7. The minimum absolute atomic E-state index is 0.170. The summed E-state index contributed by atoms with van der Waals surface area (Å²) in [6, 6.07) is 5.41. The van der Waals surface area contributed by atoms with Gasteiger partial charge < -0.3 is 14.5 Å². The summed E-state index contributed by atoms with van der Waals surface area (Å²) in [5.41, 5.74) is 1.12. The maximum Gasteiger partial charge on any atom is 0.258 e. The van der Waals surface area contributed by atoms with Crippen LogP contribution in [0.1, 0.15) is 0 Å². The molecule has 0 radical (unpaired) electrons. The number of rotatable bonds is 1. The first kappa shape index (κ1) is 9.89. The Morgan fingerprint density at radius 3 is 2.82 bits per heavy atom. The molecule has 2 heterocycles. The molecule has 0 fully saturated rings. The van der Waals surface area contributed by atoms with Gasteiger partial charge in [0.05, 0.1) is 11.9 Å². The second-order valence-electron chi connectivity index (χ2n) is 3.65. The molecule has 17 heavy (non-hydrogen) atoms. The lowest BCUT2D eigenvalue weighted by atomic mass is 10.1. The largest absolute Gasteiger partial charge is 0.486 e. The van der Waals surface area contributed by atoms with Crippen molar-refractivity contribution in [3.05, 3.63) is 41.1 Å². The summed E-state index contributed by atoms with van der Waals surface area (Å²) in [4.78, 5) is 18.1. The molecule has 5 heteroatoms. The SMILES string of the molecule is O=c1[nH]cncc1-c1ccc2c(c1)OCCO2. The van der Waals surface area contributed by atoms with Crippen molar-refractivity contribution in [3.8, 4) is 22.6 Å². The number of hydrogen-bond donors (Lipinski definition) is 1. The van der Waals surface area contributed by atoms with Gasteiger partial charge in [-0.3, -0.25) is 4.79 Å². The summed E-state index contributed by atoms with van der Waals surface area (Å²) in [5, 5.41) is 0. The first-order chi connectivity index (χ1) is 8.34.